The van der Waals surface area contributed by atoms with Crippen molar-refractivity contribution >= 4 is 29.1 Å². The Morgan fingerprint density at radius 3 is 2.32 bits per heavy atom. The van der Waals surface area contributed by atoms with E-state index in [9.17, 15) is 9.59 Å². The van der Waals surface area contributed by atoms with Crippen molar-refractivity contribution in [2.75, 3.05) is 59.9 Å². The molecule has 25 heavy (non-hydrogen) atoms. The number of rotatable bonds is 10. The van der Waals surface area contributed by atoms with Crippen LogP contribution in [-0.2, 0) is 14.3 Å². The number of carbonyl (C=O) groups excluding carboxylic acids is 2. The van der Waals surface area contributed by atoms with E-state index in [2.05, 4.69) is 10.6 Å². The molecule has 8 nitrogen and oxygen atoms in total. The van der Waals surface area contributed by atoms with Crippen molar-refractivity contribution in [1.82, 2.24) is 10.2 Å². The van der Waals surface area contributed by atoms with Gasteiger partial charge in [0.25, 0.3) is 0 Å². The fourth-order valence-corrected chi connectivity index (χ4v) is 2.27. The molecule has 0 saturated heterocycles. The first kappa shape index (κ1) is 21.0. The van der Waals surface area contributed by atoms with Gasteiger partial charge in [-0.2, -0.15) is 0 Å². The summed E-state index contributed by atoms with van der Waals surface area (Å²) in [6, 6.07) is 3.14. The van der Waals surface area contributed by atoms with E-state index in [1.807, 2.05) is 0 Å². The van der Waals surface area contributed by atoms with Gasteiger partial charge in [-0.05, 0) is 7.05 Å². The molecule has 1 aromatic rings. The van der Waals surface area contributed by atoms with Gasteiger partial charge in [-0.15, -0.1) is 0 Å². The molecule has 0 aliphatic carbocycles. The van der Waals surface area contributed by atoms with Crippen LogP contribution < -0.4 is 20.1 Å². The third kappa shape index (κ3) is 7.16. The van der Waals surface area contributed by atoms with Gasteiger partial charge in [0, 0.05) is 25.8 Å². The van der Waals surface area contributed by atoms with Gasteiger partial charge in [-0.3, -0.25) is 14.5 Å². The highest BCUT2D eigenvalue weighted by Gasteiger charge is 2.15. The Kier molecular flexibility index (Phi) is 9.04. The molecule has 0 spiro atoms. The zero-order valence-electron chi connectivity index (χ0n) is 14.8. The molecule has 0 fully saturated rings. The molecule has 1 aromatic carbocycles. The Hall–Kier alpha value is -2.03. The molecule has 0 aromatic heterocycles. The number of likely N-dealkylation sites (N-methyl/N-ethyl adjacent to an activating group) is 1. The maximum atomic E-state index is 12.2. The lowest BCUT2D eigenvalue weighted by molar-refractivity contribution is -0.123. The normalized spacial score (nSPS) is 10.5. The van der Waals surface area contributed by atoms with Gasteiger partial charge in [-0.25, -0.2) is 0 Å². The Bertz CT molecular complexity index is 597. The second-order valence-electron chi connectivity index (χ2n) is 5.25. The van der Waals surface area contributed by atoms with E-state index in [0.717, 1.165) is 0 Å². The number of nitrogens with one attached hydrogen (secondary N) is 2. The maximum Gasteiger partial charge on any atom is 0.238 e. The average Bonchev–Trinajstić information content (AvgIpc) is 2.55. The van der Waals surface area contributed by atoms with E-state index < -0.39 is 0 Å². The smallest absolute Gasteiger partial charge is 0.238 e. The number of carbonyl (C=O) groups is 2. The molecule has 2 amide bonds. The molecule has 140 valence electrons. The van der Waals surface area contributed by atoms with Gasteiger partial charge in [-0.1, -0.05) is 11.6 Å². The van der Waals surface area contributed by atoms with Crippen LogP contribution in [-0.4, -0.2) is 71.3 Å². The van der Waals surface area contributed by atoms with Crippen molar-refractivity contribution in [3.63, 3.8) is 0 Å². The van der Waals surface area contributed by atoms with Crippen LogP contribution in [0.2, 0.25) is 5.02 Å². The van der Waals surface area contributed by atoms with Gasteiger partial charge in [0.05, 0.1) is 44.6 Å². The first-order valence-corrected chi connectivity index (χ1v) is 7.94. The molecule has 0 atom stereocenters. The van der Waals surface area contributed by atoms with Gasteiger partial charge in [0.1, 0.15) is 11.5 Å². The molecule has 0 bridgehead atoms. The monoisotopic (exact) mass is 373 g/mol. The number of nitrogens with zero attached hydrogens (tertiary/aromatic N) is 1. The zero-order valence-corrected chi connectivity index (χ0v) is 15.6. The Morgan fingerprint density at radius 2 is 1.72 bits per heavy atom. The Balaban J connectivity index is 2.60. The molecule has 1 rings (SSSR count). The SMILES string of the molecule is COCCNC(=O)CN(C)CC(=O)Nc1cc(OC)c(Cl)cc1OC. The summed E-state index contributed by atoms with van der Waals surface area (Å²) in [6.07, 6.45) is 0. The molecular weight excluding hydrogens is 350 g/mol. The first-order chi connectivity index (χ1) is 11.9. The fraction of sp³-hybridized carbons (Fsp3) is 0.500. The molecule has 2 N–H and O–H groups in total. The summed E-state index contributed by atoms with van der Waals surface area (Å²) in [5.41, 5.74) is 0.437. The number of hydrogen-bond acceptors (Lipinski definition) is 6. The molecule has 0 aliphatic rings. The minimum absolute atomic E-state index is 0.0335. The molecule has 9 heteroatoms. The van der Waals surface area contributed by atoms with E-state index in [1.165, 1.54) is 14.2 Å². The lowest BCUT2D eigenvalue weighted by Gasteiger charge is -2.17. The van der Waals surface area contributed by atoms with Crippen molar-refractivity contribution in [3.8, 4) is 11.5 Å². The highest BCUT2D eigenvalue weighted by molar-refractivity contribution is 6.32. The Labute approximate surface area is 152 Å². The summed E-state index contributed by atoms with van der Waals surface area (Å²) < 4.78 is 15.2. The van der Waals surface area contributed by atoms with Crippen molar-refractivity contribution in [3.05, 3.63) is 17.2 Å². The average molecular weight is 374 g/mol. The minimum Gasteiger partial charge on any atom is -0.495 e. The fourth-order valence-electron chi connectivity index (χ4n) is 2.04. The lowest BCUT2D eigenvalue weighted by atomic mass is 10.2. The zero-order chi connectivity index (χ0) is 18.8. The van der Waals surface area contributed by atoms with Crippen LogP contribution >= 0.6 is 11.6 Å². The van der Waals surface area contributed by atoms with Crippen molar-refractivity contribution in [2.24, 2.45) is 0 Å². The summed E-state index contributed by atoms with van der Waals surface area (Å²) in [5, 5.41) is 5.79. The summed E-state index contributed by atoms with van der Waals surface area (Å²) in [4.78, 5) is 25.5. The highest BCUT2D eigenvalue weighted by Crippen LogP contribution is 2.35. The third-order valence-electron chi connectivity index (χ3n) is 3.20. The van der Waals surface area contributed by atoms with Crippen molar-refractivity contribution in [2.45, 2.75) is 0 Å². The van der Waals surface area contributed by atoms with Crippen LogP contribution in [0.1, 0.15) is 0 Å². The number of hydrogen-bond donors (Lipinski definition) is 2. The van der Waals surface area contributed by atoms with E-state index in [-0.39, 0.29) is 24.9 Å². The summed E-state index contributed by atoms with van der Waals surface area (Å²) >= 11 is 6.03. The molecule has 0 radical (unpaired) electrons. The van der Waals surface area contributed by atoms with Crippen molar-refractivity contribution < 1.29 is 23.8 Å². The van der Waals surface area contributed by atoms with Crippen LogP contribution in [0.3, 0.4) is 0 Å². The predicted molar refractivity (Wildman–Crippen MR) is 95.6 cm³/mol. The minimum atomic E-state index is -0.296. The molecule has 0 unspecified atom stereocenters. The van der Waals surface area contributed by atoms with Crippen LogP contribution in [0.15, 0.2) is 12.1 Å². The maximum absolute atomic E-state index is 12.2. The lowest BCUT2D eigenvalue weighted by Crippen LogP contribution is -2.39. The van der Waals surface area contributed by atoms with Gasteiger partial charge in [0.15, 0.2) is 0 Å². The van der Waals surface area contributed by atoms with Crippen LogP contribution in [0, 0.1) is 0 Å². The standard InChI is InChI=1S/C16H24ClN3O5/c1-20(9-15(21)18-5-6-23-2)10-16(22)19-12-8-13(24-3)11(17)7-14(12)25-4/h7-8H,5-6,9-10H2,1-4H3,(H,18,21)(H,19,22). The third-order valence-corrected chi connectivity index (χ3v) is 3.50. The molecule has 0 aliphatic heterocycles. The van der Waals surface area contributed by atoms with E-state index in [0.29, 0.717) is 35.4 Å². The molecule has 0 heterocycles. The van der Waals surface area contributed by atoms with Crippen LogP contribution in [0.5, 0.6) is 11.5 Å². The first-order valence-electron chi connectivity index (χ1n) is 7.56. The van der Waals surface area contributed by atoms with Gasteiger partial charge < -0.3 is 24.8 Å². The number of methoxy groups -OCH3 is 3. The second kappa shape index (κ2) is 10.8. The second-order valence-corrected chi connectivity index (χ2v) is 5.66. The van der Waals surface area contributed by atoms with E-state index in [4.69, 9.17) is 25.8 Å². The summed E-state index contributed by atoms with van der Waals surface area (Å²) in [6.45, 7) is 0.995. The van der Waals surface area contributed by atoms with Crippen molar-refractivity contribution in [1.29, 1.82) is 0 Å². The van der Waals surface area contributed by atoms with E-state index >= 15 is 0 Å². The number of amides is 2. The van der Waals surface area contributed by atoms with Gasteiger partial charge in [0.2, 0.25) is 11.8 Å². The largest absolute Gasteiger partial charge is 0.495 e. The number of halogens is 1. The summed E-state index contributed by atoms with van der Waals surface area (Å²) in [5.74, 6) is 0.357. The number of anilines is 1. The Morgan fingerprint density at radius 1 is 1.08 bits per heavy atom. The van der Waals surface area contributed by atoms with Gasteiger partial charge >= 0.3 is 0 Å². The van der Waals surface area contributed by atoms with Crippen LogP contribution in [0.25, 0.3) is 0 Å². The molecule has 0 saturated carbocycles. The number of benzene rings is 1. The molecular formula is C16H24ClN3O5. The highest BCUT2D eigenvalue weighted by atomic mass is 35.5. The topological polar surface area (TPSA) is 89.1 Å². The number of ether oxygens (including phenoxy) is 3. The van der Waals surface area contributed by atoms with E-state index in [1.54, 1.807) is 31.2 Å². The quantitative estimate of drug-likeness (QED) is 0.594. The van der Waals surface area contributed by atoms with Crippen LogP contribution in [0.4, 0.5) is 5.69 Å². The summed E-state index contributed by atoms with van der Waals surface area (Å²) in [7, 11) is 6.19. The predicted octanol–water partition coefficient (Wildman–Crippen LogP) is 0.990.